The molecule has 0 bridgehead atoms. The number of aryl methyl sites for hydroxylation is 1. The summed E-state index contributed by atoms with van der Waals surface area (Å²) in [6.45, 7) is 5.08. The second-order valence-corrected chi connectivity index (χ2v) is 7.65. The highest BCUT2D eigenvalue weighted by Gasteiger charge is 2.26. The molecule has 2 aromatic rings. The first-order valence-corrected chi connectivity index (χ1v) is 10.5. The summed E-state index contributed by atoms with van der Waals surface area (Å²) < 4.78 is 55.0. The molecule has 0 saturated carbocycles. The van der Waals surface area contributed by atoms with Crippen LogP contribution in [0.1, 0.15) is 63.0 Å². The molecule has 0 N–H and O–H groups in total. The summed E-state index contributed by atoms with van der Waals surface area (Å²) in [6, 6.07) is 7.71. The fraction of sp³-hybridized carbons (Fsp3) is 0.500. The highest BCUT2D eigenvalue weighted by atomic mass is 19.2. The largest absolute Gasteiger partial charge is 0.353 e. The van der Waals surface area contributed by atoms with E-state index in [1.165, 1.54) is 12.1 Å². The second-order valence-electron chi connectivity index (χ2n) is 7.65. The summed E-state index contributed by atoms with van der Waals surface area (Å²) >= 11 is 0. The van der Waals surface area contributed by atoms with E-state index in [1.54, 1.807) is 18.2 Å². The maximum Gasteiger partial charge on any atom is 0.166 e. The van der Waals surface area contributed by atoms with Crippen molar-refractivity contribution in [2.24, 2.45) is 0 Å². The van der Waals surface area contributed by atoms with Crippen molar-refractivity contribution in [3.8, 4) is 11.1 Å². The van der Waals surface area contributed by atoms with Gasteiger partial charge in [-0.1, -0.05) is 51.0 Å². The first-order valence-electron chi connectivity index (χ1n) is 10.5. The van der Waals surface area contributed by atoms with Gasteiger partial charge in [-0.2, -0.15) is 0 Å². The van der Waals surface area contributed by atoms with Crippen LogP contribution >= 0.6 is 0 Å². The van der Waals surface area contributed by atoms with Gasteiger partial charge in [-0.25, -0.2) is 13.2 Å². The number of hydrogen-bond donors (Lipinski definition) is 0. The molecule has 2 atom stereocenters. The van der Waals surface area contributed by atoms with Crippen LogP contribution in [0, 0.1) is 17.5 Å². The van der Waals surface area contributed by atoms with Gasteiger partial charge in [0, 0.05) is 18.1 Å². The zero-order valence-electron chi connectivity index (χ0n) is 17.1. The van der Waals surface area contributed by atoms with E-state index in [2.05, 4.69) is 6.92 Å². The normalized spacial score (nSPS) is 19.5. The molecule has 1 fully saturated rings. The lowest BCUT2D eigenvalue weighted by atomic mass is 9.90. The summed E-state index contributed by atoms with van der Waals surface area (Å²) in [5.41, 5.74) is 1.31. The average Bonchev–Trinajstić information content (AvgIpc) is 2.72. The standard InChI is InChI=1S/C24H29F3O2/c1-3-5-13-28-22-12-9-18(15-29-22)19-10-8-17(14-21(19)25)20-11-7-16(6-4-2)23(26)24(20)27/h7-8,10-11,14,18,22H,3-6,9,12-13,15H2,1-2H3. The van der Waals surface area contributed by atoms with Gasteiger partial charge in [0.1, 0.15) is 5.82 Å². The van der Waals surface area contributed by atoms with Crippen LogP contribution in [0.5, 0.6) is 0 Å². The molecule has 3 rings (SSSR count). The Kier molecular flexibility index (Phi) is 7.73. The first kappa shape index (κ1) is 21.8. The van der Waals surface area contributed by atoms with Crippen LogP contribution in [-0.4, -0.2) is 19.5 Å². The Morgan fingerprint density at radius 3 is 2.48 bits per heavy atom. The maximum atomic E-state index is 14.8. The number of hydrogen-bond acceptors (Lipinski definition) is 2. The summed E-state index contributed by atoms with van der Waals surface area (Å²) in [5, 5.41) is 0. The average molecular weight is 406 g/mol. The lowest BCUT2D eigenvalue weighted by Crippen LogP contribution is -2.27. The number of unbranched alkanes of at least 4 members (excludes halogenated alkanes) is 1. The third-order valence-corrected chi connectivity index (χ3v) is 5.47. The topological polar surface area (TPSA) is 18.5 Å². The number of ether oxygens (including phenoxy) is 2. The SMILES string of the molecule is CCCCOC1CCC(c2ccc(-c3ccc(CCC)c(F)c3F)cc2F)CO1. The van der Waals surface area contributed by atoms with Gasteiger partial charge in [-0.05, 0) is 48.4 Å². The van der Waals surface area contributed by atoms with Crippen molar-refractivity contribution in [2.45, 2.75) is 64.6 Å². The fourth-order valence-corrected chi connectivity index (χ4v) is 3.76. The fourth-order valence-electron chi connectivity index (χ4n) is 3.76. The number of halogens is 3. The molecule has 2 aromatic carbocycles. The third-order valence-electron chi connectivity index (χ3n) is 5.47. The Hall–Kier alpha value is -1.85. The Morgan fingerprint density at radius 2 is 1.83 bits per heavy atom. The quantitative estimate of drug-likeness (QED) is 0.451. The molecule has 2 nitrogen and oxygen atoms in total. The molecule has 1 saturated heterocycles. The summed E-state index contributed by atoms with van der Waals surface area (Å²) in [5.74, 6) is -2.25. The van der Waals surface area contributed by atoms with E-state index in [9.17, 15) is 13.2 Å². The molecule has 1 heterocycles. The van der Waals surface area contributed by atoms with Gasteiger partial charge in [0.05, 0.1) is 6.61 Å². The highest BCUT2D eigenvalue weighted by molar-refractivity contribution is 5.65. The molecular formula is C24H29F3O2. The Labute approximate surface area is 171 Å². The second kappa shape index (κ2) is 10.3. The van der Waals surface area contributed by atoms with E-state index in [0.29, 0.717) is 42.7 Å². The summed E-state index contributed by atoms with van der Waals surface area (Å²) in [4.78, 5) is 0. The van der Waals surface area contributed by atoms with E-state index >= 15 is 0 Å². The van der Waals surface area contributed by atoms with E-state index in [-0.39, 0.29) is 17.8 Å². The van der Waals surface area contributed by atoms with Crippen molar-refractivity contribution in [3.63, 3.8) is 0 Å². The smallest absolute Gasteiger partial charge is 0.166 e. The van der Waals surface area contributed by atoms with Crippen LogP contribution in [0.25, 0.3) is 11.1 Å². The molecule has 2 unspecified atom stereocenters. The predicted octanol–water partition coefficient (Wildman–Crippen LogP) is 6.76. The Balaban J connectivity index is 1.71. The van der Waals surface area contributed by atoms with Crippen molar-refractivity contribution < 1.29 is 22.6 Å². The Bertz CT molecular complexity index is 814. The van der Waals surface area contributed by atoms with Crippen molar-refractivity contribution in [2.75, 3.05) is 13.2 Å². The Morgan fingerprint density at radius 1 is 1.00 bits per heavy atom. The molecule has 158 valence electrons. The van der Waals surface area contributed by atoms with Gasteiger partial charge in [0.25, 0.3) is 0 Å². The lowest BCUT2D eigenvalue weighted by Gasteiger charge is -2.29. The minimum Gasteiger partial charge on any atom is -0.353 e. The van der Waals surface area contributed by atoms with Gasteiger partial charge >= 0.3 is 0 Å². The van der Waals surface area contributed by atoms with Crippen molar-refractivity contribution in [1.82, 2.24) is 0 Å². The molecule has 29 heavy (non-hydrogen) atoms. The third kappa shape index (κ3) is 5.20. The zero-order valence-corrected chi connectivity index (χ0v) is 17.1. The van der Waals surface area contributed by atoms with Crippen LogP contribution in [-0.2, 0) is 15.9 Å². The van der Waals surface area contributed by atoms with Crippen LogP contribution in [0.15, 0.2) is 30.3 Å². The number of rotatable bonds is 8. The van der Waals surface area contributed by atoms with E-state index in [4.69, 9.17) is 9.47 Å². The molecule has 0 spiro atoms. The van der Waals surface area contributed by atoms with Gasteiger partial charge < -0.3 is 9.47 Å². The number of benzene rings is 2. The van der Waals surface area contributed by atoms with Gasteiger partial charge in [0.2, 0.25) is 0 Å². The van der Waals surface area contributed by atoms with Crippen LogP contribution in [0.2, 0.25) is 0 Å². The molecular weight excluding hydrogens is 377 g/mol. The van der Waals surface area contributed by atoms with E-state index in [1.807, 2.05) is 6.92 Å². The molecule has 5 heteroatoms. The molecule has 0 aliphatic carbocycles. The molecule has 0 radical (unpaired) electrons. The predicted molar refractivity (Wildman–Crippen MR) is 108 cm³/mol. The van der Waals surface area contributed by atoms with Gasteiger partial charge in [-0.15, -0.1) is 0 Å². The molecule has 0 amide bonds. The monoisotopic (exact) mass is 406 g/mol. The molecule has 1 aliphatic heterocycles. The van der Waals surface area contributed by atoms with Crippen molar-refractivity contribution in [1.29, 1.82) is 0 Å². The minimum atomic E-state index is -0.920. The van der Waals surface area contributed by atoms with E-state index in [0.717, 1.165) is 25.7 Å². The van der Waals surface area contributed by atoms with Crippen LogP contribution < -0.4 is 0 Å². The van der Waals surface area contributed by atoms with Gasteiger partial charge in [-0.3, -0.25) is 0 Å². The van der Waals surface area contributed by atoms with Crippen LogP contribution in [0.3, 0.4) is 0 Å². The van der Waals surface area contributed by atoms with Gasteiger partial charge in [0.15, 0.2) is 17.9 Å². The molecule has 1 aliphatic rings. The summed E-state index contributed by atoms with van der Waals surface area (Å²) in [6.07, 6.45) is 4.53. The van der Waals surface area contributed by atoms with E-state index < -0.39 is 17.5 Å². The van der Waals surface area contributed by atoms with Crippen LogP contribution in [0.4, 0.5) is 13.2 Å². The zero-order chi connectivity index (χ0) is 20.8. The molecule has 0 aromatic heterocycles. The lowest BCUT2D eigenvalue weighted by molar-refractivity contribution is -0.167. The minimum absolute atomic E-state index is 0.0661. The first-order chi connectivity index (χ1) is 14.0. The highest BCUT2D eigenvalue weighted by Crippen LogP contribution is 2.34. The van der Waals surface area contributed by atoms with Crippen molar-refractivity contribution >= 4 is 0 Å². The summed E-state index contributed by atoms with van der Waals surface area (Å²) in [7, 11) is 0. The van der Waals surface area contributed by atoms with Crippen molar-refractivity contribution in [3.05, 3.63) is 58.9 Å². The maximum absolute atomic E-state index is 14.8.